The summed E-state index contributed by atoms with van der Waals surface area (Å²) in [5.74, 6) is 2.30. The summed E-state index contributed by atoms with van der Waals surface area (Å²) in [7, 11) is 1.62. The molecule has 0 heterocycles. The van der Waals surface area contributed by atoms with E-state index in [2.05, 4.69) is 10.9 Å². The Hall–Kier alpha value is -1.07. The second kappa shape index (κ2) is 6.06. The fourth-order valence-electron chi connectivity index (χ4n) is 0.463. The van der Waals surface area contributed by atoms with Gasteiger partial charge in [0.15, 0.2) is 0 Å². The third kappa shape index (κ3) is 3.88. The van der Waals surface area contributed by atoms with E-state index in [-0.39, 0.29) is 0 Å². The van der Waals surface area contributed by atoms with E-state index in [0.29, 0.717) is 6.61 Å². The van der Waals surface area contributed by atoms with Crippen LogP contribution in [0.1, 0.15) is 6.92 Å². The van der Waals surface area contributed by atoms with Gasteiger partial charge in [-0.25, -0.2) is 0 Å². The number of aliphatic imine (C=N–C) groups is 1. The Kier molecular flexibility index (Phi) is 5.41. The van der Waals surface area contributed by atoms with Gasteiger partial charge in [-0.05, 0) is 6.92 Å². The lowest BCUT2D eigenvalue weighted by Gasteiger charge is -1.95. The van der Waals surface area contributed by atoms with Gasteiger partial charge in [0.2, 0.25) is 0 Å². The van der Waals surface area contributed by atoms with Gasteiger partial charge in [-0.1, -0.05) is 12.0 Å². The lowest BCUT2D eigenvalue weighted by atomic mass is 10.4. The van der Waals surface area contributed by atoms with Gasteiger partial charge in [0.25, 0.3) is 0 Å². The van der Waals surface area contributed by atoms with Gasteiger partial charge in [0, 0.05) is 7.11 Å². The SMILES string of the molecule is C#CC=N/C(=C\C)COC. The van der Waals surface area contributed by atoms with Crippen LogP contribution in [0.15, 0.2) is 16.8 Å². The van der Waals surface area contributed by atoms with Gasteiger partial charge >= 0.3 is 0 Å². The first-order valence-electron chi connectivity index (χ1n) is 2.98. The van der Waals surface area contributed by atoms with Crippen molar-refractivity contribution in [1.29, 1.82) is 0 Å². The minimum Gasteiger partial charge on any atom is -0.378 e. The summed E-state index contributed by atoms with van der Waals surface area (Å²) in [5.41, 5.74) is 0.848. The maximum atomic E-state index is 4.96. The Bertz CT molecular complexity index is 174. The van der Waals surface area contributed by atoms with Gasteiger partial charge in [0.1, 0.15) is 0 Å². The van der Waals surface area contributed by atoms with Crippen LogP contribution in [0.4, 0.5) is 0 Å². The molecular weight excluding hydrogens is 126 g/mol. The van der Waals surface area contributed by atoms with E-state index in [1.807, 2.05) is 13.0 Å². The van der Waals surface area contributed by atoms with Gasteiger partial charge in [-0.2, -0.15) is 0 Å². The minimum absolute atomic E-state index is 0.509. The molecule has 0 amide bonds. The molecule has 0 aromatic rings. The molecule has 0 saturated heterocycles. The second-order valence-corrected chi connectivity index (χ2v) is 1.64. The number of terminal acetylenes is 1. The van der Waals surface area contributed by atoms with Crippen molar-refractivity contribution in [2.75, 3.05) is 13.7 Å². The molecule has 0 bridgehead atoms. The summed E-state index contributed by atoms with van der Waals surface area (Å²) >= 11 is 0. The summed E-state index contributed by atoms with van der Waals surface area (Å²) in [6, 6.07) is 0. The third-order valence-corrected chi connectivity index (χ3v) is 0.930. The molecule has 2 nitrogen and oxygen atoms in total. The van der Waals surface area contributed by atoms with Crippen molar-refractivity contribution in [3.05, 3.63) is 11.8 Å². The molecule has 0 spiro atoms. The number of hydrogen-bond acceptors (Lipinski definition) is 2. The van der Waals surface area contributed by atoms with E-state index in [9.17, 15) is 0 Å². The number of hydrogen-bond donors (Lipinski definition) is 0. The average Bonchev–Trinajstić information content (AvgIpc) is 1.98. The fraction of sp³-hybridized carbons (Fsp3) is 0.375. The van der Waals surface area contributed by atoms with E-state index < -0.39 is 0 Å². The molecule has 0 aliphatic carbocycles. The van der Waals surface area contributed by atoms with Crippen LogP contribution in [0.25, 0.3) is 0 Å². The highest BCUT2D eigenvalue weighted by Gasteiger charge is 1.86. The quantitative estimate of drug-likeness (QED) is 0.423. The molecule has 0 saturated carbocycles. The summed E-state index contributed by atoms with van der Waals surface area (Å²) in [6.07, 6.45) is 8.23. The topological polar surface area (TPSA) is 21.6 Å². The summed E-state index contributed by atoms with van der Waals surface area (Å²) in [4.78, 5) is 3.93. The zero-order valence-electron chi connectivity index (χ0n) is 6.29. The zero-order valence-corrected chi connectivity index (χ0v) is 6.29. The predicted octanol–water partition coefficient (Wildman–Crippen LogP) is 1.24. The molecule has 0 aliphatic heterocycles. The van der Waals surface area contributed by atoms with E-state index in [4.69, 9.17) is 11.2 Å². The normalized spacial score (nSPS) is 11.9. The molecule has 0 radical (unpaired) electrons. The van der Waals surface area contributed by atoms with Crippen LogP contribution in [0, 0.1) is 12.3 Å². The molecule has 0 atom stereocenters. The molecule has 0 unspecified atom stereocenters. The van der Waals surface area contributed by atoms with Crippen LogP contribution in [0.3, 0.4) is 0 Å². The average molecular weight is 137 g/mol. The number of rotatable bonds is 3. The van der Waals surface area contributed by atoms with Crippen LogP contribution < -0.4 is 0 Å². The fourth-order valence-corrected chi connectivity index (χ4v) is 0.463. The first-order chi connectivity index (χ1) is 4.85. The summed E-state index contributed by atoms with van der Waals surface area (Å²) in [6.45, 7) is 2.40. The monoisotopic (exact) mass is 137 g/mol. The number of methoxy groups -OCH3 is 1. The van der Waals surface area contributed by atoms with Crippen LogP contribution in [0.2, 0.25) is 0 Å². The third-order valence-electron chi connectivity index (χ3n) is 0.930. The van der Waals surface area contributed by atoms with E-state index in [0.717, 1.165) is 5.70 Å². The Balaban J connectivity index is 3.87. The lowest BCUT2D eigenvalue weighted by molar-refractivity contribution is 0.225. The maximum absolute atomic E-state index is 4.96. The number of nitrogens with zero attached hydrogens (tertiary/aromatic N) is 1. The molecular formula is C8H11NO. The number of ether oxygens (including phenoxy) is 1. The standard InChI is InChI=1S/C8H11NO/c1-4-6-9-8(5-2)7-10-3/h1,5-6H,7H2,2-3H3/b8-5-,9-6?. The highest BCUT2D eigenvalue weighted by molar-refractivity contribution is 5.78. The van der Waals surface area contributed by atoms with Crippen LogP contribution in [-0.2, 0) is 4.74 Å². The van der Waals surface area contributed by atoms with Crippen molar-refractivity contribution in [3.63, 3.8) is 0 Å². The van der Waals surface area contributed by atoms with E-state index in [1.165, 1.54) is 6.21 Å². The molecule has 0 aliphatic rings. The summed E-state index contributed by atoms with van der Waals surface area (Å²) < 4.78 is 4.84. The lowest BCUT2D eigenvalue weighted by Crippen LogP contribution is -1.90. The largest absolute Gasteiger partial charge is 0.378 e. The highest BCUT2D eigenvalue weighted by atomic mass is 16.5. The molecule has 0 rings (SSSR count). The van der Waals surface area contributed by atoms with Crippen molar-refractivity contribution in [2.24, 2.45) is 4.99 Å². The van der Waals surface area contributed by atoms with Crippen molar-refractivity contribution in [1.82, 2.24) is 0 Å². The van der Waals surface area contributed by atoms with Gasteiger partial charge in [0.05, 0.1) is 18.5 Å². The molecule has 0 aromatic carbocycles. The van der Waals surface area contributed by atoms with E-state index >= 15 is 0 Å². The zero-order chi connectivity index (χ0) is 7.82. The van der Waals surface area contributed by atoms with E-state index in [1.54, 1.807) is 7.11 Å². The molecule has 0 aromatic heterocycles. The molecule has 54 valence electrons. The Morgan fingerprint density at radius 1 is 1.80 bits per heavy atom. The minimum atomic E-state index is 0.509. The van der Waals surface area contributed by atoms with Gasteiger partial charge < -0.3 is 4.74 Å². The molecule has 10 heavy (non-hydrogen) atoms. The Labute approximate surface area is 61.6 Å². The van der Waals surface area contributed by atoms with Crippen molar-refractivity contribution in [3.8, 4) is 12.3 Å². The Morgan fingerprint density at radius 3 is 2.90 bits per heavy atom. The van der Waals surface area contributed by atoms with Crippen LogP contribution in [0.5, 0.6) is 0 Å². The Morgan fingerprint density at radius 2 is 2.50 bits per heavy atom. The van der Waals surface area contributed by atoms with Gasteiger partial charge in [-0.15, -0.1) is 6.42 Å². The van der Waals surface area contributed by atoms with Crippen molar-refractivity contribution in [2.45, 2.75) is 6.92 Å². The van der Waals surface area contributed by atoms with Gasteiger partial charge in [-0.3, -0.25) is 4.99 Å². The first kappa shape index (κ1) is 8.93. The molecule has 0 fully saturated rings. The van der Waals surface area contributed by atoms with Crippen molar-refractivity contribution < 1.29 is 4.74 Å². The molecule has 2 heteroatoms. The smallest absolute Gasteiger partial charge is 0.0880 e. The highest BCUT2D eigenvalue weighted by Crippen LogP contribution is 1.94. The van der Waals surface area contributed by atoms with Crippen LogP contribution in [-0.4, -0.2) is 19.9 Å². The predicted molar refractivity (Wildman–Crippen MR) is 43.0 cm³/mol. The maximum Gasteiger partial charge on any atom is 0.0880 e. The second-order valence-electron chi connectivity index (χ2n) is 1.64. The first-order valence-corrected chi connectivity index (χ1v) is 2.98. The van der Waals surface area contributed by atoms with Crippen molar-refractivity contribution >= 4 is 6.21 Å². The number of allylic oxidation sites excluding steroid dienone is 1. The van der Waals surface area contributed by atoms with Crippen LogP contribution >= 0.6 is 0 Å². The summed E-state index contributed by atoms with van der Waals surface area (Å²) in [5, 5.41) is 0. The molecule has 0 N–H and O–H groups in total.